The van der Waals surface area contributed by atoms with E-state index >= 15 is 0 Å². The summed E-state index contributed by atoms with van der Waals surface area (Å²) in [7, 11) is -2.54. The minimum absolute atomic E-state index is 0.0353. The minimum Gasteiger partial charge on any atom is -0.454 e. The summed E-state index contributed by atoms with van der Waals surface area (Å²) in [6.45, 7) is 0.0574. The number of carbonyl (C=O) groups is 1. The Morgan fingerprint density at radius 1 is 1.10 bits per heavy atom. The number of amides is 1. The number of fused-ring (bicyclic) bond motifs is 2. The van der Waals surface area contributed by atoms with Gasteiger partial charge in [0.15, 0.2) is 11.5 Å². The fourth-order valence-electron chi connectivity index (χ4n) is 3.07. The number of ether oxygens (including phenoxy) is 2. The molecule has 0 bridgehead atoms. The molecule has 0 spiro atoms. The van der Waals surface area contributed by atoms with Crippen molar-refractivity contribution in [2.75, 3.05) is 20.4 Å². The summed E-state index contributed by atoms with van der Waals surface area (Å²) in [4.78, 5) is 26.3. The first-order valence-corrected chi connectivity index (χ1v) is 10.5. The number of nitrogens with one attached hydrogen (secondary N) is 2. The van der Waals surface area contributed by atoms with Crippen molar-refractivity contribution in [2.24, 2.45) is 0 Å². The lowest BCUT2D eigenvalue weighted by Crippen LogP contribution is -2.38. The molecule has 2 N–H and O–H groups in total. The summed E-state index contributed by atoms with van der Waals surface area (Å²) in [5, 5.41) is 3.28. The smallest absolute Gasteiger partial charge is 0.248 e. The maximum atomic E-state index is 12.8. The molecule has 30 heavy (non-hydrogen) atoms. The normalized spacial score (nSPS) is 13.0. The first-order chi connectivity index (χ1) is 14.3. The van der Waals surface area contributed by atoms with Crippen LogP contribution in [0.5, 0.6) is 11.5 Å². The lowest BCUT2D eigenvalue weighted by Gasteiger charge is -2.17. The highest BCUT2D eigenvalue weighted by Gasteiger charge is 2.23. The van der Waals surface area contributed by atoms with E-state index in [0.29, 0.717) is 22.4 Å². The molecule has 1 amide bonds. The van der Waals surface area contributed by atoms with E-state index in [1.165, 1.54) is 31.3 Å². The topological polar surface area (TPSA) is 118 Å². The van der Waals surface area contributed by atoms with Crippen LogP contribution in [0.1, 0.15) is 5.56 Å². The number of nitrogens with zero attached hydrogens (tertiary/aromatic N) is 1. The number of benzene rings is 2. The highest BCUT2D eigenvalue weighted by molar-refractivity contribution is 7.89. The van der Waals surface area contributed by atoms with Crippen molar-refractivity contribution in [1.82, 2.24) is 14.6 Å². The number of pyridine rings is 1. The van der Waals surface area contributed by atoms with Crippen LogP contribution in [0.25, 0.3) is 10.9 Å². The molecule has 4 rings (SSSR count). The SMILES string of the molecule is CN(CC(=O)NCc1ccc2c(c1)OCO2)S(=O)(=O)c1ccc2[nH]c(=O)ccc2c1. The Balaban J connectivity index is 1.41. The average Bonchev–Trinajstić information content (AvgIpc) is 3.19. The second-order valence-electron chi connectivity index (χ2n) is 6.80. The molecule has 3 aromatic rings. The Hall–Kier alpha value is -3.37. The zero-order valence-electron chi connectivity index (χ0n) is 16.0. The number of sulfonamides is 1. The predicted octanol–water partition coefficient (Wildman–Crippen LogP) is 1.19. The van der Waals surface area contributed by atoms with Crippen LogP contribution in [-0.2, 0) is 21.4 Å². The molecule has 0 aliphatic carbocycles. The first kappa shape index (κ1) is 19.9. The largest absolute Gasteiger partial charge is 0.454 e. The summed E-state index contributed by atoms with van der Waals surface area (Å²) >= 11 is 0. The van der Waals surface area contributed by atoms with Gasteiger partial charge in [-0.3, -0.25) is 9.59 Å². The maximum absolute atomic E-state index is 12.8. The molecule has 10 heteroatoms. The molecular formula is C20H19N3O6S. The first-order valence-electron chi connectivity index (χ1n) is 9.07. The van der Waals surface area contributed by atoms with Gasteiger partial charge in [0.05, 0.1) is 11.4 Å². The standard InChI is InChI=1S/C20H19N3O6S/c1-23(11-20(25)21-10-13-2-6-17-18(8-13)29-12-28-17)30(26,27)15-4-5-16-14(9-15)3-7-19(24)22-16/h2-9H,10-12H2,1H3,(H,21,25)(H,22,24). The fraction of sp³-hybridized carbons (Fsp3) is 0.200. The summed E-state index contributed by atoms with van der Waals surface area (Å²) in [5.41, 5.74) is 1.07. The molecule has 0 atom stereocenters. The summed E-state index contributed by atoms with van der Waals surface area (Å²) < 4.78 is 37.2. The van der Waals surface area contributed by atoms with Gasteiger partial charge in [0.25, 0.3) is 0 Å². The van der Waals surface area contributed by atoms with Gasteiger partial charge >= 0.3 is 0 Å². The third kappa shape index (κ3) is 4.00. The molecule has 0 saturated carbocycles. The van der Waals surface area contributed by atoms with Crippen LogP contribution < -0.4 is 20.3 Å². The van der Waals surface area contributed by atoms with Crippen molar-refractivity contribution in [3.8, 4) is 11.5 Å². The molecule has 0 unspecified atom stereocenters. The van der Waals surface area contributed by atoms with Gasteiger partial charge in [-0.1, -0.05) is 6.07 Å². The fourth-order valence-corrected chi connectivity index (χ4v) is 4.23. The van der Waals surface area contributed by atoms with E-state index in [1.807, 2.05) is 0 Å². The lowest BCUT2D eigenvalue weighted by molar-refractivity contribution is -0.121. The van der Waals surface area contributed by atoms with Gasteiger partial charge in [-0.15, -0.1) is 0 Å². The van der Waals surface area contributed by atoms with Crippen LogP contribution in [0.2, 0.25) is 0 Å². The van der Waals surface area contributed by atoms with Crippen LogP contribution in [0, 0.1) is 0 Å². The van der Waals surface area contributed by atoms with Crippen molar-refractivity contribution < 1.29 is 22.7 Å². The highest BCUT2D eigenvalue weighted by Crippen LogP contribution is 2.32. The number of aromatic nitrogens is 1. The van der Waals surface area contributed by atoms with Crippen molar-refractivity contribution >= 4 is 26.8 Å². The van der Waals surface area contributed by atoms with Gasteiger partial charge in [0.1, 0.15) is 0 Å². The monoisotopic (exact) mass is 429 g/mol. The van der Waals surface area contributed by atoms with Crippen LogP contribution in [0.3, 0.4) is 0 Å². The molecule has 1 aromatic heterocycles. The number of hydrogen-bond acceptors (Lipinski definition) is 6. The van der Waals surface area contributed by atoms with E-state index in [0.717, 1.165) is 9.87 Å². The predicted molar refractivity (Wildman–Crippen MR) is 109 cm³/mol. The number of carbonyl (C=O) groups excluding carboxylic acids is 1. The maximum Gasteiger partial charge on any atom is 0.248 e. The Morgan fingerprint density at radius 3 is 2.73 bits per heavy atom. The van der Waals surface area contributed by atoms with E-state index in [1.54, 1.807) is 24.3 Å². The van der Waals surface area contributed by atoms with Crippen LogP contribution in [0.15, 0.2) is 58.2 Å². The number of aromatic amines is 1. The third-order valence-corrected chi connectivity index (χ3v) is 6.50. The number of H-pyrrole nitrogens is 1. The molecule has 2 aromatic carbocycles. The van der Waals surface area contributed by atoms with Crippen LogP contribution in [-0.4, -0.2) is 44.0 Å². The van der Waals surface area contributed by atoms with Crippen molar-refractivity contribution in [3.05, 3.63) is 64.4 Å². The summed E-state index contributed by atoms with van der Waals surface area (Å²) in [6, 6.07) is 12.6. The lowest BCUT2D eigenvalue weighted by atomic mass is 10.2. The Morgan fingerprint density at radius 2 is 1.90 bits per heavy atom. The molecule has 1 aliphatic rings. The average molecular weight is 429 g/mol. The number of hydrogen-bond donors (Lipinski definition) is 2. The Labute approximate surface area is 172 Å². The Kier molecular flexibility index (Phi) is 5.18. The summed E-state index contributed by atoms with van der Waals surface area (Å²) in [5.74, 6) is 0.818. The minimum atomic E-state index is -3.88. The van der Waals surface area contributed by atoms with Crippen molar-refractivity contribution in [3.63, 3.8) is 0 Å². The number of rotatable bonds is 6. The molecule has 1 aliphatic heterocycles. The molecular weight excluding hydrogens is 410 g/mol. The molecule has 0 fully saturated rings. The van der Waals surface area contributed by atoms with Crippen LogP contribution >= 0.6 is 0 Å². The van der Waals surface area contributed by atoms with Gasteiger partial charge < -0.3 is 19.8 Å². The van der Waals surface area contributed by atoms with Gasteiger partial charge in [-0.2, -0.15) is 4.31 Å². The van der Waals surface area contributed by atoms with Gasteiger partial charge in [-0.25, -0.2) is 8.42 Å². The van der Waals surface area contributed by atoms with Gasteiger partial charge in [-0.05, 0) is 47.3 Å². The molecule has 156 valence electrons. The van der Waals surface area contributed by atoms with Crippen molar-refractivity contribution in [2.45, 2.75) is 11.4 Å². The Bertz CT molecular complexity index is 1290. The molecule has 9 nitrogen and oxygen atoms in total. The van der Waals surface area contributed by atoms with Gasteiger partial charge in [0, 0.05) is 25.2 Å². The highest BCUT2D eigenvalue weighted by atomic mass is 32.2. The second-order valence-corrected chi connectivity index (χ2v) is 8.84. The van der Waals surface area contributed by atoms with Crippen LogP contribution in [0.4, 0.5) is 0 Å². The van der Waals surface area contributed by atoms with E-state index in [2.05, 4.69) is 10.3 Å². The zero-order chi connectivity index (χ0) is 21.3. The number of likely N-dealkylation sites (N-methyl/N-ethyl adjacent to an activating group) is 1. The second kappa shape index (κ2) is 7.81. The van der Waals surface area contributed by atoms with E-state index in [9.17, 15) is 18.0 Å². The zero-order valence-corrected chi connectivity index (χ0v) is 16.9. The summed E-state index contributed by atoms with van der Waals surface area (Å²) in [6.07, 6.45) is 0. The van der Waals surface area contributed by atoms with Crippen molar-refractivity contribution in [1.29, 1.82) is 0 Å². The van der Waals surface area contributed by atoms with E-state index in [-0.39, 0.29) is 30.3 Å². The van der Waals surface area contributed by atoms with E-state index in [4.69, 9.17) is 9.47 Å². The molecule has 2 heterocycles. The quantitative estimate of drug-likeness (QED) is 0.608. The molecule has 0 radical (unpaired) electrons. The van der Waals surface area contributed by atoms with Gasteiger partial charge in [0.2, 0.25) is 28.3 Å². The third-order valence-electron chi connectivity index (χ3n) is 4.70. The molecule has 0 saturated heterocycles. The van der Waals surface area contributed by atoms with E-state index < -0.39 is 15.9 Å².